The zero-order valence-electron chi connectivity index (χ0n) is 8.73. The van der Waals surface area contributed by atoms with Crippen molar-refractivity contribution in [1.82, 2.24) is 25.9 Å². The largest absolute Gasteiger partial charge is 0.346 e. The minimum atomic E-state index is -0.247. The van der Waals surface area contributed by atoms with Crippen molar-refractivity contribution in [2.24, 2.45) is 5.92 Å². The molecule has 2 rings (SSSR count). The zero-order chi connectivity index (χ0) is 10.7. The van der Waals surface area contributed by atoms with Gasteiger partial charge < -0.3 is 5.32 Å². The van der Waals surface area contributed by atoms with Crippen molar-refractivity contribution in [1.29, 1.82) is 0 Å². The lowest BCUT2D eigenvalue weighted by Gasteiger charge is -2.19. The Bertz CT molecular complexity index is 317. The Balaban J connectivity index is 1.88. The summed E-state index contributed by atoms with van der Waals surface area (Å²) < 4.78 is 0. The first-order valence-electron chi connectivity index (χ1n) is 5.31. The van der Waals surface area contributed by atoms with Crippen LogP contribution in [0.15, 0.2) is 0 Å². The molecule has 1 amide bonds. The number of nitrogens with one attached hydrogen (secondary N) is 2. The molecule has 1 fully saturated rings. The van der Waals surface area contributed by atoms with E-state index in [0.29, 0.717) is 5.92 Å². The smallest absolute Gasteiger partial charge is 0.293 e. The Morgan fingerprint density at radius 3 is 2.87 bits per heavy atom. The molecule has 0 bridgehead atoms. The molecule has 0 spiro atoms. The zero-order valence-corrected chi connectivity index (χ0v) is 8.73. The van der Waals surface area contributed by atoms with Crippen LogP contribution in [-0.4, -0.2) is 32.6 Å². The van der Waals surface area contributed by atoms with Crippen LogP contribution in [0.25, 0.3) is 0 Å². The van der Waals surface area contributed by atoms with Crippen LogP contribution in [0.5, 0.6) is 0 Å². The van der Waals surface area contributed by atoms with Crippen LogP contribution in [0.4, 0.5) is 0 Å². The van der Waals surface area contributed by atoms with Gasteiger partial charge in [0.05, 0.1) is 0 Å². The maximum atomic E-state index is 11.6. The molecule has 1 aliphatic rings. The van der Waals surface area contributed by atoms with Crippen LogP contribution in [-0.2, 0) is 0 Å². The average molecular weight is 209 g/mol. The molecule has 1 unspecified atom stereocenters. The molecule has 2 N–H and O–H groups in total. The Kier molecular flexibility index (Phi) is 2.94. The molecule has 0 aliphatic heterocycles. The lowest BCUT2D eigenvalue weighted by Crippen LogP contribution is -2.37. The van der Waals surface area contributed by atoms with Crippen LogP contribution < -0.4 is 5.32 Å². The maximum Gasteiger partial charge on any atom is 0.293 e. The summed E-state index contributed by atoms with van der Waals surface area (Å²) in [7, 11) is 0. The van der Waals surface area contributed by atoms with Crippen LogP contribution in [0.1, 0.15) is 43.2 Å². The van der Waals surface area contributed by atoms with E-state index in [-0.39, 0.29) is 17.8 Å². The highest BCUT2D eigenvalue weighted by Gasteiger charge is 2.24. The van der Waals surface area contributed by atoms with Crippen LogP contribution in [0.3, 0.4) is 0 Å². The van der Waals surface area contributed by atoms with Gasteiger partial charge in [-0.3, -0.25) is 4.79 Å². The number of amides is 1. The first kappa shape index (κ1) is 10.1. The fraction of sp³-hybridized carbons (Fsp3) is 0.778. The second-order valence-corrected chi connectivity index (χ2v) is 4.04. The third kappa shape index (κ3) is 2.31. The van der Waals surface area contributed by atoms with E-state index in [4.69, 9.17) is 0 Å². The number of hydrogen-bond donors (Lipinski definition) is 2. The lowest BCUT2D eigenvalue weighted by atomic mass is 10.00. The number of aromatic amines is 1. The molecule has 6 heteroatoms. The highest BCUT2D eigenvalue weighted by atomic mass is 16.2. The molecule has 0 radical (unpaired) electrons. The fourth-order valence-corrected chi connectivity index (χ4v) is 2.10. The quantitative estimate of drug-likeness (QED) is 0.759. The van der Waals surface area contributed by atoms with E-state index in [1.54, 1.807) is 0 Å². The Morgan fingerprint density at radius 1 is 1.53 bits per heavy atom. The van der Waals surface area contributed by atoms with Crippen molar-refractivity contribution in [3.8, 4) is 0 Å². The third-order valence-corrected chi connectivity index (χ3v) is 3.01. The van der Waals surface area contributed by atoms with Gasteiger partial charge in [0.25, 0.3) is 11.7 Å². The highest BCUT2D eigenvalue weighted by Crippen LogP contribution is 2.27. The highest BCUT2D eigenvalue weighted by molar-refractivity contribution is 5.90. The van der Waals surface area contributed by atoms with Crippen molar-refractivity contribution in [3.05, 3.63) is 5.82 Å². The first-order chi connectivity index (χ1) is 7.27. The molecule has 15 heavy (non-hydrogen) atoms. The second kappa shape index (κ2) is 4.37. The summed E-state index contributed by atoms with van der Waals surface area (Å²) in [5.41, 5.74) is 0. The van der Waals surface area contributed by atoms with Crippen LogP contribution in [0, 0.1) is 5.92 Å². The molecular weight excluding hydrogens is 194 g/mol. The summed E-state index contributed by atoms with van der Waals surface area (Å²) in [6, 6.07) is 0.193. The average Bonchev–Trinajstić information content (AvgIpc) is 2.91. The SMILES string of the molecule is CC(NC(=O)c1nn[nH]n1)C1CCCC1. The number of nitrogens with zero attached hydrogens (tertiary/aromatic N) is 3. The van der Waals surface area contributed by atoms with Crippen LogP contribution in [0.2, 0.25) is 0 Å². The summed E-state index contributed by atoms with van der Waals surface area (Å²) in [5.74, 6) is 0.462. The second-order valence-electron chi connectivity index (χ2n) is 4.04. The number of carbonyl (C=O) groups excluding carboxylic acids is 1. The Labute approximate surface area is 87.8 Å². The molecule has 82 valence electrons. The predicted molar refractivity (Wildman–Crippen MR) is 53.1 cm³/mol. The number of H-pyrrole nitrogens is 1. The van der Waals surface area contributed by atoms with Crippen molar-refractivity contribution in [3.63, 3.8) is 0 Å². The minimum absolute atomic E-state index is 0.111. The van der Waals surface area contributed by atoms with E-state index < -0.39 is 0 Å². The predicted octanol–water partition coefficient (Wildman–Crippen LogP) is 0.508. The van der Waals surface area contributed by atoms with E-state index in [2.05, 4.69) is 25.9 Å². The van der Waals surface area contributed by atoms with Gasteiger partial charge >= 0.3 is 0 Å². The third-order valence-electron chi connectivity index (χ3n) is 3.01. The molecule has 1 aliphatic carbocycles. The molecule has 1 aromatic heterocycles. The van der Waals surface area contributed by atoms with E-state index in [9.17, 15) is 4.79 Å². The van der Waals surface area contributed by atoms with Crippen molar-refractivity contribution in [2.75, 3.05) is 0 Å². The topological polar surface area (TPSA) is 83.6 Å². The molecule has 0 aromatic carbocycles. The molecule has 1 atom stereocenters. The Hall–Kier alpha value is -1.46. The van der Waals surface area contributed by atoms with Crippen molar-refractivity contribution >= 4 is 5.91 Å². The van der Waals surface area contributed by atoms with Gasteiger partial charge in [-0.2, -0.15) is 5.21 Å². The molecule has 1 heterocycles. The van der Waals surface area contributed by atoms with Gasteiger partial charge in [-0.05, 0) is 30.9 Å². The summed E-state index contributed by atoms with van der Waals surface area (Å²) in [6.45, 7) is 2.04. The minimum Gasteiger partial charge on any atom is -0.346 e. The monoisotopic (exact) mass is 209 g/mol. The van der Waals surface area contributed by atoms with E-state index >= 15 is 0 Å². The number of carbonyl (C=O) groups is 1. The van der Waals surface area contributed by atoms with Gasteiger partial charge in [-0.15, -0.1) is 10.2 Å². The molecule has 0 saturated heterocycles. The van der Waals surface area contributed by atoms with Crippen molar-refractivity contribution in [2.45, 2.75) is 38.6 Å². The number of rotatable bonds is 3. The van der Waals surface area contributed by atoms with Crippen molar-refractivity contribution < 1.29 is 4.79 Å². The Morgan fingerprint density at radius 2 is 2.27 bits per heavy atom. The van der Waals surface area contributed by atoms with E-state index in [1.165, 1.54) is 25.7 Å². The van der Waals surface area contributed by atoms with Crippen LogP contribution >= 0.6 is 0 Å². The van der Waals surface area contributed by atoms with E-state index in [1.807, 2.05) is 6.92 Å². The normalized spacial score (nSPS) is 19.0. The summed E-state index contributed by atoms with van der Waals surface area (Å²) in [5, 5.41) is 15.8. The van der Waals surface area contributed by atoms with Gasteiger partial charge in [-0.25, -0.2) is 0 Å². The lowest BCUT2D eigenvalue weighted by molar-refractivity contribution is 0.0916. The molecule has 1 saturated carbocycles. The standard InChI is InChI=1S/C9H15N5O/c1-6(7-4-2-3-5-7)10-9(15)8-11-13-14-12-8/h6-7H,2-5H2,1H3,(H,10,15)(H,11,12,13,14). The van der Waals surface area contributed by atoms with Gasteiger partial charge in [0.1, 0.15) is 0 Å². The number of tetrazole rings is 1. The summed E-state index contributed by atoms with van der Waals surface area (Å²) in [4.78, 5) is 11.6. The number of hydrogen-bond acceptors (Lipinski definition) is 4. The summed E-state index contributed by atoms with van der Waals surface area (Å²) in [6.07, 6.45) is 4.95. The van der Waals surface area contributed by atoms with Gasteiger partial charge in [-0.1, -0.05) is 12.8 Å². The van der Waals surface area contributed by atoms with E-state index in [0.717, 1.165) is 0 Å². The summed E-state index contributed by atoms with van der Waals surface area (Å²) >= 11 is 0. The first-order valence-corrected chi connectivity index (χ1v) is 5.31. The molecule has 6 nitrogen and oxygen atoms in total. The maximum absolute atomic E-state index is 11.6. The van der Waals surface area contributed by atoms with Gasteiger partial charge in [0.2, 0.25) is 0 Å². The van der Waals surface area contributed by atoms with Gasteiger partial charge in [0, 0.05) is 6.04 Å². The fourth-order valence-electron chi connectivity index (χ4n) is 2.10. The van der Waals surface area contributed by atoms with Gasteiger partial charge in [0.15, 0.2) is 0 Å². The number of aromatic nitrogens is 4. The molecule has 1 aromatic rings. The molecular formula is C9H15N5O.